The number of methoxy groups -OCH3 is 1. The van der Waals surface area contributed by atoms with Crippen LogP contribution in [-0.2, 0) is 16.0 Å². The van der Waals surface area contributed by atoms with E-state index in [0.717, 1.165) is 0 Å². The number of ether oxygens (including phenoxy) is 1. The van der Waals surface area contributed by atoms with Crippen molar-refractivity contribution in [2.24, 2.45) is 0 Å². The number of hydrogen-bond donors (Lipinski definition) is 1. The van der Waals surface area contributed by atoms with E-state index < -0.39 is 5.82 Å². The molecule has 0 aliphatic carbocycles. The fourth-order valence-corrected chi connectivity index (χ4v) is 2.21. The molecule has 0 radical (unpaired) electrons. The first kappa shape index (κ1) is 14.0. The average Bonchev–Trinajstić information content (AvgIpc) is 2.88. The van der Waals surface area contributed by atoms with E-state index in [1.165, 1.54) is 36.6 Å². The summed E-state index contributed by atoms with van der Waals surface area (Å²) in [5.74, 6) is -0.932. The number of esters is 1. The molecule has 20 heavy (non-hydrogen) atoms. The van der Waals surface area contributed by atoms with E-state index in [1.54, 1.807) is 11.4 Å². The van der Waals surface area contributed by atoms with Gasteiger partial charge in [-0.05, 0) is 18.2 Å². The highest BCUT2D eigenvalue weighted by Crippen LogP contribution is 2.22. The first-order valence-corrected chi connectivity index (χ1v) is 6.48. The van der Waals surface area contributed by atoms with Crippen LogP contribution in [0.3, 0.4) is 0 Å². The van der Waals surface area contributed by atoms with Crippen LogP contribution in [0.5, 0.6) is 0 Å². The van der Waals surface area contributed by atoms with Gasteiger partial charge in [0.2, 0.25) is 0 Å². The van der Waals surface area contributed by atoms with Gasteiger partial charge in [-0.1, -0.05) is 0 Å². The van der Waals surface area contributed by atoms with Crippen molar-refractivity contribution in [3.8, 4) is 6.07 Å². The maximum atomic E-state index is 13.2. The summed E-state index contributed by atoms with van der Waals surface area (Å²) >= 11 is 1.31. The third-order valence-electron chi connectivity index (χ3n) is 2.44. The quantitative estimate of drug-likeness (QED) is 0.876. The van der Waals surface area contributed by atoms with Gasteiger partial charge < -0.3 is 10.1 Å². The van der Waals surface area contributed by atoms with Crippen molar-refractivity contribution < 1.29 is 13.9 Å². The zero-order valence-corrected chi connectivity index (χ0v) is 11.3. The molecular formula is C13H10FN3O2S. The Morgan fingerprint density at radius 3 is 3.10 bits per heavy atom. The number of anilines is 2. The maximum absolute atomic E-state index is 13.2. The van der Waals surface area contributed by atoms with Crippen molar-refractivity contribution in [2.45, 2.75) is 6.42 Å². The van der Waals surface area contributed by atoms with Crippen LogP contribution >= 0.6 is 11.3 Å². The molecule has 0 amide bonds. The number of nitriles is 1. The Bertz CT molecular complexity index is 678. The number of hydrogen-bond acceptors (Lipinski definition) is 6. The van der Waals surface area contributed by atoms with E-state index in [0.29, 0.717) is 16.5 Å². The topological polar surface area (TPSA) is 75.0 Å². The summed E-state index contributed by atoms with van der Waals surface area (Å²) in [6.45, 7) is 0. The van der Waals surface area contributed by atoms with Gasteiger partial charge in [0.15, 0.2) is 5.13 Å². The number of rotatable bonds is 4. The molecule has 1 N–H and O–H groups in total. The second-order valence-corrected chi connectivity index (χ2v) is 4.69. The minimum atomic E-state index is -0.566. The molecule has 0 saturated heterocycles. The Kier molecular flexibility index (Phi) is 4.27. The lowest BCUT2D eigenvalue weighted by Crippen LogP contribution is -2.04. The van der Waals surface area contributed by atoms with Gasteiger partial charge in [0.05, 0.1) is 24.8 Å². The molecule has 0 fully saturated rings. The highest BCUT2D eigenvalue weighted by molar-refractivity contribution is 7.13. The minimum Gasteiger partial charge on any atom is -0.469 e. The SMILES string of the molecule is COC(=O)Cc1csc(Nc2ccc(F)c(C#N)c2)n1. The largest absolute Gasteiger partial charge is 0.469 e. The van der Waals surface area contributed by atoms with Gasteiger partial charge in [0.1, 0.15) is 11.9 Å². The van der Waals surface area contributed by atoms with Crippen LogP contribution in [-0.4, -0.2) is 18.1 Å². The third kappa shape index (κ3) is 3.30. The Labute approximate surface area is 118 Å². The van der Waals surface area contributed by atoms with Crippen molar-refractivity contribution in [3.05, 3.63) is 40.7 Å². The number of carbonyl (C=O) groups is 1. The highest BCUT2D eigenvalue weighted by Gasteiger charge is 2.09. The third-order valence-corrected chi connectivity index (χ3v) is 3.25. The van der Waals surface area contributed by atoms with Crippen LogP contribution < -0.4 is 5.32 Å². The van der Waals surface area contributed by atoms with Crippen molar-refractivity contribution in [1.29, 1.82) is 5.26 Å². The highest BCUT2D eigenvalue weighted by atomic mass is 32.1. The Morgan fingerprint density at radius 1 is 1.60 bits per heavy atom. The summed E-state index contributed by atoms with van der Waals surface area (Å²) in [6, 6.07) is 5.89. The Balaban J connectivity index is 2.11. The maximum Gasteiger partial charge on any atom is 0.311 e. The first-order valence-electron chi connectivity index (χ1n) is 5.60. The van der Waals surface area contributed by atoms with Crippen molar-refractivity contribution in [1.82, 2.24) is 4.98 Å². The second kappa shape index (κ2) is 6.12. The van der Waals surface area contributed by atoms with E-state index >= 15 is 0 Å². The van der Waals surface area contributed by atoms with Crippen molar-refractivity contribution >= 4 is 28.1 Å². The molecule has 7 heteroatoms. The molecule has 5 nitrogen and oxygen atoms in total. The normalized spacial score (nSPS) is 9.85. The fraction of sp³-hybridized carbons (Fsp3) is 0.154. The summed E-state index contributed by atoms with van der Waals surface area (Å²) in [7, 11) is 1.32. The Morgan fingerprint density at radius 2 is 2.40 bits per heavy atom. The lowest BCUT2D eigenvalue weighted by molar-refractivity contribution is -0.139. The lowest BCUT2D eigenvalue weighted by atomic mass is 10.2. The predicted molar refractivity (Wildman–Crippen MR) is 72.2 cm³/mol. The van der Waals surface area contributed by atoms with Gasteiger partial charge in [-0.25, -0.2) is 9.37 Å². The van der Waals surface area contributed by atoms with Gasteiger partial charge in [0.25, 0.3) is 0 Å². The molecule has 2 aromatic rings. The molecule has 0 saturated carbocycles. The lowest BCUT2D eigenvalue weighted by Gasteiger charge is -2.03. The molecule has 0 atom stereocenters. The number of benzene rings is 1. The van der Waals surface area contributed by atoms with E-state index in [-0.39, 0.29) is 18.0 Å². The van der Waals surface area contributed by atoms with Gasteiger partial charge in [-0.2, -0.15) is 5.26 Å². The summed E-state index contributed by atoms with van der Waals surface area (Å²) in [5, 5.41) is 14.0. The summed E-state index contributed by atoms with van der Waals surface area (Å²) in [5.41, 5.74) is 1.11. The van der Waals surface area contributed by atoms with E-state index in [1.807, 2.05) is 0 Å². The second-order valence-electron chi connectivity index (χ2n) is 3.83. The van der Waals surface area contributed by atoms with Crippen LogP contribution in [0.1, 0.15) is 11.3 Å². The molecule has 2 rings (SSSR count). The predicted octanol–water partition coefficient (Wildman–Crippen LogP) is 2.61. The van der Waals surface area contributed by atoms with E-state index in [9.17, 15) is 9.18 Å². The average molecular weight is 291 g/mol. The molecule has 1 aromatic carbocycles. The molecule has 0 unspecified atom stereocenters. The minimum absolute atomic E-state index is 0.0404. The smallest absolute Gasteiger partial charge is 0.311 e. The number of nitrogens with zero attached hydrogens (tertiary/aromatic N) is 2. The zero-order valence-electron chi connectivity index (χ0n) is 10.5. The van der Waals surface area contributed by atoms with Crippen molar-refractivity contribution in [2.75, 3.05) is 12.4 Å². The first-order chi connectivity index (χ1) is 9.62. The van der Waals surface area contributed by atoms with Crippen LogP contribution in [0.4, 0.5) is 15.2 Å². The summed E-state index contributed by atoms with van der Waals surface area (Å²) in [4.78, 5) is 15.3. The molecule has 0 spiro atoms. The van der Waals surface area contributed by atoms with Gasteiger partial charge in [0, 0.05) is 11.1 Å². The number of aromatic nitrogens is 1. The Hall–Kier alpha value is -2.46. The number of thiazole rings is 1. The monoisotopic (exact) mass is 291 g/mol. The van der Waals surface area contributed by atoms with Crippen LogP contribution in [0.2, 0.25) is 0 Å². The molecule has 0 bridgehead atoms. The van der Waals surface area contributed by atoms with Gasteiger partial charge in [-0.3, -0.25) is 4.79 Å². The standard InChI is InChI=1S/C13H10FN3O2S/c1-19-12(18)5-10-7-20-13(17-10)16-9-2-3-11(14)8(4-9)6-15/h2-4,7H,5H2,1H3,(H,16,17). The molecule has 0 aliphatic rings. The number of halogens is 1. The molecular weight excluding hydrogens is 281 g/mol. The molecule has 0 aliphatic heterocycles. The van der Waals surface area contributed by atoms with Crippen molar-refractivity contribution in [3.63, 3.8) is 0 Å². The van der Waals surface area contributed by atoms with Crippen LogP contribution in [0.25, 0.3) is 0 Å². The molecule has 102 valence electrons. The van der Waals surface area contributed by atoms with E-state index in [2.05, 4.69) is 15.0 Å². The summed E-state index contributed by atoms with van der Waals surface area (Å²) in [6.07, 6.45) is 0.0988. The van der Waals surface area contributed by atoms with Gasteiger partial charge >= 0.3 is 5.97 Å². The number of nitrogens with one attached hydrogen (secondary N) is 1. The summed E-state index contributed by atoms with van der Waals surface area (Å²) < 4.78 is 17.7. The van der Waals surface area contributed by atoms with Crippen LogP contribution in [0, 0.1) is 17.1 Å². The van der Waals surface area contributed by atoms with Crippen LogP contribution in [0.15, 0.2) is 23.6 Å². The number of carbonyl (C=O) groups excluding carboxylic acids is 1. The molecule has 1 heterocycles. The fourth-order valence-electron chi connectivity index (χ4n) is 1.48. The van der Waals surface area contributed by atoms with E-state index in [4.69, 9.17) is 5.26 Å². The molecule has 1 aromatic heterocycles. The zero-order chi connectivity index (χ0) is 14.5. The van der Waals surface area contributed by atoms with Gasteiger partial charge in [-0.15, -0.1) is 11.3 Å².